The van der Waals surface area contributed by atoms with E-state index < -0.39 is 58.3 Å². The van der Waals surface area contributed by atoms with Gasteiger partial charge in [0.25, 0.3) is 0 Å². The van der Waals surface area contributed by atoms with Gasteiger partial charge in [-0.15, -0.1) is 11.8 Å². The maximum absolute atomic E-state index is 14.2. The molecular weight excluding hydrogens is 681 g/mol. The Balaban J connectivity index is 1.74. The molecule has 0 spiro atoms. The van der Waals surface area contributed by atoms with Crippen LogP contribution < -0.4 is 16.0 Å². The summed E-state index contributed by atoms with van der Waals surface area (Å²) in [5.74, 6) is -3.14. The minimum absolute atomic E-state index is 0.0847. The van der Waals surface area contributed by atoms with Gasteiger partial charge in [-0.2, -0.15) is 0 Å². The molecule has 3 atom stereocenters. The number of hydrogen-bond acceptors (Lipinski definition) is 7. The Morgan fingerprint density at radius 2 is 0.808 bits per heavy atom. The van der Waals surface area contributed by atoms with Gasteiger partial charge in [0.05, 0.1) is 24.4 Å². The quantitative estimate of drug-likeness (QED) is 0.302. The summed E-state index contributed by atoms with van der Waals surface area (Å²) in [5.41, 5.74) is 2.88. The third-order valence-electron chi connectivity index (χ3n) is 8.99. The first-order chi connectivity index (χ1) is 24.9. The largest absolute Gasteiger partial charge is 0.343 e. The lowest BCUT2D eigenvalue weighted by Crippen LogP contribution is -2.56. The summed E-state index contributed by atoms with van der Waals surface area (Å²) in [6.45, 7) is 2.33. The highest BCUT2D eigenvalue weighted by atomic mass is 32.2. The Labute approximate surface area is 309 Å². The van der Waals surface area contributed by atoms with Crippen LogP contribution in [0.5, 0.6) is 0 Å². The van der Waals surface area contributed by atoms with Crippen LogP contribution in [-0.2, 0) is 33.5 Å². The maximum atomic E-state index is 14.2. The molecule has 0 aliphatic carbocycles. The average Bonchev–Trinajstić information content (AvgIpc) is 3.15. The van der Waals surface area contributed by atoms with Gasteiger partial charge in [-0.05, 0) is 29.5 Å². The van der Waals surface area contributed by atoms with Crippen LogP contribution >= 0.6 is 11.8 Å². The van der Waals surface area contributed by atoms with Crippen LogP contribution in [0.1, 0.15) is 43.4 Å². The van der Waals surface area contributed by atoms with E-state index in [1.165, 1.54) is 47.6 Å². The Hall–Kier alpha value is -5.17. The number of nitrogens with one attached hydrogen (secondary N) is 3. The van der Waals surface area contributed by atoms with Gasteiger partial charge in [0.1, 0.15) is 18.1 Å². The van der Waals surface area contributed by atoms with E-state index in [4.69, 9.17) is 0 Å². The third-order valence-corrected chi connectivity index (χ3v) is 10.6. The Morgan fingerprint density at radius 1 is 0.519 bits per heavy atom. The highest BCUT2D eigenvalue weighted by molar-refractivity contribution is 8.00. The number of nitrogens with zero attached hydrogens (tertiary/aromatic N) is 3. The normalized spacial score (nSPS) is 20.5. The van der Waals surface area contributed by atoms with Crippen molar-refractivity contribution in [2.75, 3.05) is 46.5 Å². The first-order valence-corrected chi connectivity index (χ1v) is 18.3. The molecule has 13 heteroatoms. The number of amides is 6. The molecule has 0 unspecified atom stereocenters. The van der Waals surface area contributed by atoms with Crippen molar-refractivity contribution in [1.82, 2.24) is 30.7 Å². The number of thioether (sulfide) groups is 1. The molecule has 1 fully saturated rings. The fourth-order valence-electron chi connectivity index (χ4n) is 6.23. The molecule has 1 aliphatic heterocycles. The van der Waals surface area contributed by atoms with Gasteiger partial charge < -0.3 is 30.7 Å². The van der Waals surface area contributed by atoms with Crippen molar-refractivity contribution in [2.45, 2.75) is 49.6 Å². The smallest absolute Gasteiger partial charge is 0.246 e. The summed E-state index contributed by atoms with van der Waals surface area (Å²) in [5, 5.41) is 8.19. The second-order valence-electron chi connectivity index (χ2n) is 12.8. The van der Waals surface area contributed by atoms with E-state index in [0.29, 0.717) is 0 Å². The molecule has 0 saturated carbocycles. The molecule has 0 bridgehead atoms. The predicted molar refractivity (Wildman–Crippen MR) is 201 cm³/mol. The number of rotatable bonds is 8. The van der Waals surface area contributed by atoms with Crippen LogP contribution in [0.25, 0.3) is 0 Å². The van der Waals surface area contributed by atoms with Crippen molar-refractivity contribution in [3.63, 3.8) is 0 Å². The second-order valence-corrected chi connectivity index (χ2v) is 14.1. The van der Waals surface area contributed by atoms with E-state index in [-0.39, 0.29) is 38.2 Å². The monoisotopic (exact) mass is 728 g/mol. The molecular formula is C39H48N6O6S. The molecule has 1 aliphatic rings. The summed E-state index contributed by atoms with van der Waals surface area (Å²) < 4.78 is -0.809. The molecule has 3 aromatic rings. The van der Waals surface area contributed by atoms with Crippen LogP contribution in [0.15, 0.2) is 91.0 Å². The van der Waals surface area contributed by atoms with Crippen molar-refractivity contribution in [3.05, 3.63) is 108 Å². The highest BCUT2D eigenvalue weighted by Crippen LogP contribution is 2.48. The van der Waals surface area contributed by atoms with E-state index in [2.05, 4.69) is 16.0 Å². The van der Waals surface area contributed by atoms with Gasteiger partial charge >= 0.3 is 0 Å². The van der Waals surface area contributed by atoms with Crippen molar-refractivity contribution in [1.29, 1.82) is 0 Å². The van der Waals surface area contributed by atoms with Gasteiger partial charge in [0.2, 0.25) is 35.4 Å². The summed E-state index contributed by atoms with van der Waals surface area (Å²) in [4.78, 5) is 84.1. The van der Waals surface area contributed by atoms with Crippen LogP contribution in [0.2, 0.25) is 0 Å². The lowest BCUT2D eigenvalue weighted by atomic mass is 9.84. The molecule has 0 aromatic heterocycles. The zero-order valence-electron chi connectivity index (χ0n) is 30.3. The molecule has 1 saturated heterocycles. The lowest BCUT2D eigenvalue weighted by Gasteiger charge is -2.37. The minimum Gasteiger partial charge on any atom is -0.343 e. The zero-order valence-corrected chi connectivity index (χ0v) is 31.2. The fraction of sp³-hybridized carbons (Fsp3) is 0.385. The maximum Gasteiger partial charge on any atom is 0.246 e. The van der Waals surface area contributed by atoms with Gasteiger partial charge in [-0.3, -0.25) is 28.8 Å². The summed E-state index contributed by atoms with van der Waals surface area (Å²) in [6.07, 6.45) is 0.482. The lowest BCUT2D eigenvalue weighted by molar-refractivity contribution is -0.142. The van der Waals surface area contributed by atoms with Crippen molar-refractivity contribution < 1.29 is 28.8 Å². The average molecular weight is 729 g/mol. The highest BCUT2D eigenvalue weighted by Gasteiger charge is 2.39. The van der Waals surface area contributed by atoms with Crippen LogP contribution in [0, 0.1) is 0 Å². The fourth-order valence-corrected chi connectivity index (χ4v) is 7.78. The van der Waals surface area contributed by atoms with E-state index in [1.54, 1.807) is 13.8 Å². The van der Waals surface area contributed by atoms with Gasteiger partial charge in [-0.1, -0.05) is 105 Å². The first-order valence-electron chi connectivity index (χ1n) is 17.3. The van der Waals surface area contributed by atoms with Gasteiger partial charge in [0.15, 0.2) is 0 Å². The summed E-state index contributed by atoms with van der Waals surface area (Å²) >= 11 is 1.47. The summed E-state index contributed by atoms with van der Waals surface area (Å²) in [6, 6.07) is 26.7. The van der Waals surface area contributed by atoms with Crippen LogP contribution in [-0.4, -0.2) is 115 Å². The molecule has 3 aromatic carbocycles. The molecule has 4 rings (SSSR count). The van der Waals surface area contributed by atoms with E-state index >= 15 is 0 Å². The van der Waals surface area contributed by atoms with E-state index in [1.807, 2.05) is 91.0 Å². The molecule has 1 heterocycles. The van der Waals surface area contributed by atoms with Gasteiger partial charge in [0, 0.05) is 26.9 Å². The zero-order chi connectivity index (χ0) is 37.8. The number of likely N-dealkylation sites (N-methyl/N-ethyl adjacent to an activating group) is 3. The molecule has 3 N–H and O–H groups in total. The molecule has 276 valence electrons. The second kappa shape index (κ2) is 18.4. The molecule has 0 radical (unpaired) electrons. The third kappa shape index (κ3) is 9.58. The van der Waals surface area contributed by atoms with Gasteiger partial charge in [-0.25, -0.2) is 0 Å². The topological polar surface area (TPSA) is 148 Å². The van der Waals surface area contributed by atoms with E-state index in [0.717, 1.165) is 16.7 Å². The van der Waals surface area contributed by atoms with Crippen molar-refractivity contribution >= 4 is 47.2 Å². The molecule has 6 amide bonds. The van der Waals surface area contributed by atoms with E-state index in [9.17, 15) is 28.8 Å². The summed E-state index contributed by atoms with van der Waals surface area (Å²) in [7, 11) is 4.35. The van der Waals surface area contributed by atoms with Crippen LogP contribution in [0.3, 0.4) is 0 Å². The number of hydrogen-bond donors (Lipinski definition) is 3. The number of carbonyl (C=O) groups is 6. The SMILES string of the molecule is CC[C@@H]1NC(=O)CN(C)C(=O)[C@H](CC)NC(=O)CN(C)C(=O)[C@H](CSC(c2ccccc2)(c2ccccc2)c2ccccc2)NC(=O)CN(C)C1=O. The molecule has 12 nitrogen and oxygen atoms in total. The van der Waals surface area contributed by atoms with Crippen molar-refractivity contribution in [3.8, 4) is 0 Å². The standard InChI is InChI=1S/C39H48N6O6S/c1-6-30-36(49)43(3)23-33(46)40-31(7-2)37(50)44(4)25-35(48)42-32(38(51)45(5)24-34(47)41-30)26-52-39(27-17-11-8-12-18-27,28-19-13-9-14-20-28)29-21-15-10-16-22-29/h8-22,30-32H,6-7,23-26H2,1-5H3,(H,40,46)(H,41,47)(H,42,48)/t30-,31-,32-/m0/s1. The molecule has 52 heavy (non-hydrogen) atoms. The Bertz CT molecular complexity index is 1610. The van der Waals surface area contributed by atoms with Crippen molar-refractivity contribution in [2.24, 2.45) is 0 Å². The number of carbonyl (C=O) groups excluding carboxylic acids is 6. The predicted octanol–water partition coefficient (Wildman–Crippen LogP) is 2.37. The van der Waals surface area contributed by atoms with Crippen LogP contribution in [0.4, 0.5) is 0 Å². The first kappa shape index (κ1) is 39.6. The number of benzene rings is 3. The minimum atomic E-state index is -1.12. The Morgan fingerprint density at radius 3 is 1.12 bits per heavy atom. The Kier molecular flexibility index (Phi) is 14.0.